The molecule has 1 unspecified atom stereocenters. The summed E-state index contributed by atoms with van der Waals surface area (Å²) in [7, 11) is -3.84. The fraction of sp³-hybridized carbons (Fsp3) is 0.261. The number of aliphatic hydroxyl groups is 1. The molecule has 0 fully saturated rings. The van der Waals surface area contributed by atoms with E-state index >= 15 is 0 Å². The Morgan fingerprint density at radius 3 is 2.43 bits per heavy atom. The van der Waals surface area contributed by atoms with Crippen LogP contribution in [-0.4, -0.2) is 42.1 Å². The molecule has 0 aliphatic heterocycles. The Balaban J connectivity index is 1.78. The molecular formula is C23H26N2O4S. The average molecular weight is 427 g/mol. The van der Waals surface area contributed by atoms with Crippen LogP contribution in [0.15, 0.2) is 78.0 Å². The molecule has 0 bridgehead atoms. The zero-order chi connectivity index (χ0) is 21.6. The van der Waals surface area contributed by atoms with Gasteiger partial charge in [-0.2, -0.15) is 4.31 Å². The second kappa shape index (κ2) is 9.84. The third kappa shape index (κ3) is 5.66. The van der Waals surface area contributed by atoms with Crippen LogP contribution in [0.1, 0.15) is 16.7 Å². The quantitative estimate of drug-likeness (QED) is 0.568. The molecule has 0 saturated heterocycles. The molecule has 1 aromatic heterocycles. The van der Waals surface area contributed by atoms with Crippen molar-refractivity contribution in [2.24, 2.45) is 0 Å². The van der Waals surface area contributed by atoms with Gasteiger partial charge in [0.05, 0.1) is 0 Å². The van der Waals surface area contributed by atoms with Gasteiger partial charge in [-0.1, -0.05) is 42.0 Å². The van der Waals surface area contributed by atoms with E-state index in [1.54, 1.807) is 6.07 Å². The number of ether oxygens (including phenoxy) is 1. The number of aliphatic hydroxyl groups excluding tert-OH is 1. The van der Waals surface area contributed by atoms with Crippen LogP contribution in [0.25, 0.3) is 0 Å². The lowest BCUT2D eigenvalue weighted by atomic mass is 10.1. The molecule has 0 aliphatic rings. The Kier molecular flexibility index (Phi) is 7.20. The molecule has 0 aliphatic carbocycles. The Labute approximate surface area is 177 Å². The van der Waals surface area contributed by atoms with Gasteiger partial charge >= 0.3 is 0 Å². The highest BCUT2D eigenvalue weighted by molar-refractivity contribution is 7.89. The third-order valence-electron chi connectivity index (χ3n) is 4.76. The van der Waals surface area contributed by atoms with E-state index in [2.05, 4.69) is 4.98 Å². The number of nitrogens with zero attached hydrogens (tertiary/aromatic N) is 2. The van der Waals surface area contributed by atoms with Gasteiger partial charge in [0.15, 0.2) is 0 Å². The van der Waals surface area contributed by atoms with Gasteiger partial charge < -0.3 is 9.84 Å². The molecule has 3 rings (SSSR count). The van der Waals surface area contributed by atoms with Gasteiger partial charge in [-0.15, -0.1) is 0 Å². The fourth-order valence-electron chi connectivity index (χ4n) is 2.99. The van der Waals surface area contributed by atoms with E-state index in [0.29, 0.717) is 5.75 Å². The summed E-state index contributed by atoms with van der Waals surface area (Å²) >= 11 is 0. The maximum atomic E-state index is 13.2. The lowest BCUT2D eigenvalue weighted by molar-refractivity contribution is 0.0880. The van der Waals surface area contributed by atoms with Crippen molar-refractivity contribution in [3.63, 3.8) is 0 Å². The molecule has 30 heavy (non-hydrogen) atoms. The van der Waals surface area contributed by atoms with Crippen molar-refractivity contribution < 1.29 is 18.3 Å². The molecule has 0 saturated carbocycles. The summed E-state index contributed by atoms with van der Waals surface area (Å²) in [5.41, 5.74) is 2.96. The number of benzene rings is 2. The summed E-state index contributed by atoms with van der Waals surface area (Å²) in [4.78, 5) is 4.02. The summed E-state index contributed by atoms with van der Waals surface area (Å²) in [5.74, 6) is 0.625. The van der Waals surface area contributed by atoms with E-state index in [9.17, 15) is 13.5 Å². The van der Waals surface area contributed by atoms with Gasteiger partial charge in [-0.25, -0.2) is 8.42 Å². The molecule has 3 aromatic rings. The zero-order valence-corrected chi connectivity index (χ0v) is 17.9. The summed E-state index contributed by atoms with van der Waals surface area (Å²) < 4.78 is 33.4. The van der Waals surface area contributed by atoms with Crippen LogP contribution in [-0.2, 0) is 16.6 Å². The second-order valence-electron chi connectivity index (χ2n) is 7.19. The first-order valence-electron chi connectivity index (χ1n) is 9.68. The molecule has 6 nitrogen and oxygen atoms in total. The minimum absolute atomic E-state index is 0.0180. The first-order chi connectivity index (χ1) is 14.4. The third-order valence-corrected chi connectivity index (χ3v) is 6.55. The molecule has 2 aromatic carbocycles. The maximum Gasteiger partial charge on any atom is 0.244 e. The molecular weight excluding hydrogens is 400 g/mol. The van der Waals surface area contributed by atoms with Crippen LogP contribution in [0.4, 0.5) is 0 Å². The first-order valence-corrected chi connectivity index (χ1v) is 11.1. The summed E-state index contributed by atoms with van der Waals surface area (Å²) in [5, 5.41) is 10.5. The minimum atomic E-state index is -3.84. The molecule has 0 radical (unpaired) electrons. The topological polar surface area (TPSA) is 79.7 Å². The smallest absolute Gasteiger partial charge is 0.244 e. The first kappa shape index (κ1) is 22.0. The van der Waals surface area contributed by atoms with Crippen LogP contribution < -0.4 is 4.74 Å². The monoisotopic (exact) mass is 426 g/mol. The molecule has 7 heteroatoms. The van der Waals surface area contributed by atoms with E-state index in [1.807, 2.05) is 62.4 Å². The molecule has 158 valence electrons. The van der Waals surface area contributed by atoms with Crippen molar-refractivity contribution >= 4 is 10.0 Å². The van der Waals surface area contributed by atoms with Crippen LogP contribution in [0.2, 0.25) is 0 Å². The number of sulfonamides is 1. The predicted molar refractivity (Wildman–Crippen MR) is 116 cm³/mol. The largest absolute Gasteiger partial charge is 0.491 e. The lowest BCUT2D eigenvalue weighted by Gasteiger charge is -2.25. The van der Waals surface area contributed by atoms with Crippen molar-refractivity contribution in [3.05, 3.63) is 89.7 Å². The van der Waals surface area contributed by atoms with Crippen LogP contribution in [0.5, 0.6) is 5.75 Å². The van der Waals surface area contributed by atoms with Crippen LogP contribution >= 0.6 is 0 Å². The van der Waals surface area contributed by atoms with Crippen LogP contribution in [0.3, 0.4) is 0 Å². The van der Waals surface area contributed by atoms with Crippen molar-refractivity contribution in [1.29, 1.82) is 0 Å². The maximum absolute atomic E-state index is 13.2. The molecule has 0 amide bonds. The highest BCUT2D eigenvalue weighted by Gasteiger charge is 2.27. The van der Waals surface area contributed by atoms with Crippen LogP contribution in [0, 0.1) is 13.8 Å². The van der Waals surface area contributed by atoms with Crippen molar-refractivity contribution in [2.45, 2.75) is 31.4 Å². The molecule has 1 heterocycles. The van der Waals surface area contributed by atoms with Crippen molar-refractivity contribution in [2.75, 3.05) is 13.2 Å². The molecule has 1 atom stereocenters. The Morgan fingerprint density at radius 1 is 1.03 bits per heavy atom. The van der Waals surface area contributed by atoms with E-state index in [-0.39, 0.29) is 24.6 Å². The number of hydrogen-bond donors (Lipinski definition) is 1. The average Bonchev–Trinajstić information content (AvgIpc) is 2.75. The fourth-order valence-corrected chi connectivity index (χ4v) is 4.41. The lowest BCUT2D eigenvalue weighted by Crippen LogP contribution is -2.39. The van der Waals surface area contributed by atoms with Gasteiger partial charge in [0.1, 0.15) is 23.4 Å². The normalized spacial score (nSPS) is 12.7. The highest BCUT2D eigenvalue weighted by atomic mass is 32.2. The van der Waals surface area contributed by atoms with E-state index in [4.69, 9.17) is 4.74 Å². The zero-order valence-electron chi connectivity index (χ0n) is 17.1. The van der Waals surface area contributed by atoms with Gasteiger partial charge in [0.2, 0.25) is 10.0 Å². The minimum Gasteiger partial charge on any atom is -0.491 e. The Hall–Kier alpha value is -2.74. The number of pyridine rings is 1. The molecule has 0 spiro atoms. The number of hydrogen-bond acceptors (Lipinski definition) is 5. The van der Waals surface area contributed by atoms with E-state index in [1.165, 1.54) is 22.8 Å². The Bertz CT molecular complexity index is 1050. The van der Waals surface area contributed by atoms with Gasteiger partial charge in [0, 0.05) is 25.5 Å². The number of rotatable bonds is 9. The van der Waals surface area contributed by atoms with E-state index in [0.717, 1.165) is 16.7 Å². The highest BCUT2D eigenvalue weighted by Crippen LogP contribution is 2.20. The SMILES string of the molecule is Cc1ccc(OCC(O)CN(Cc2ccccc2C)S(=O)(=O)c2cccnc2)cc1. The van der Waals surface area contributed by atoms with Gasteiger partial charge in [-0.05, 0) is 49.2 Å². The predicted octanol–water partition coefficient (Wildman–Crippen LogP) is 3.33. The summed E-state index contributed by atoms with van der Waals surface area (Å²) in [6, 6.07) is 18.1. The summed E-state index contributed by atoms with van der Waals surface area (Å²) in [6.07, 6.45) is 1.84. The van der Waals surface area contributed by atoms with Crippen molar-refractivity contribution in [3.8, 4) is 5.75 Å². The Morgan fingerprint density at radius 2 is 1.77 bits per heavy atom. The van der Waals surface area contributed by atoms with Gasteiger partial charge in [-0.3, -0.25) is 4.98 Å². The molecule has 1 N–H and O–H groups in total. The van der Waals surface area contributed by atoms with Gasteiger partial charge in [0.25, 0.3) is 0 Å². The second-order valence-corrected chi connectivity index (χ2v) is 9.13. The number of aryl methyl sites for hydroxylation is 2. The summed E-state index contributed by atoms with van der Waals surface area (Å²) in [6.45, 7) is 3.94. The van der Waals surface area contributed by atoms with E-state index < -0.39 is 16.1 Å². The standard InChI is InChI=1S/C23H26N2O4S/c1-18-9-11-22(12-10-18)29-17-21(26)16-25(15-20-7-4-3-6-19(20)2)30(27,28)23-8-5-13-24-14-23/h3-14,21,26H,15-17H2,1-2H3. The number of aromatic nitrogens is 1. The van der Waals surface area contributed by atoms with Crippen molar-refractivity contribution in [1.82, 2.24) is 9.29 Å².